The van der Waals surface area contributed by atoms with Crippen LogP contribution < -0.4 is 0 Å². The quantitative estimate of drug-likeness (QED) is 0.549. The van der Waals surface area contributed by atoms with Gasteiger partial charge in [0.1, 0.15) is 0 Å². The van der Waals surface area contributed by atoms with E-state index in [0.29, 0.717) is 0 Å². The Bertz CT molecular complexity index is 203. The molecule has 0 atom stereocenters. The number of aryl methyl sites for hydroxylation is 2. The summed E-state index contributed by atoms with van der Waals surface area (Å²) in [7, 11) is 0.976. The van der Waals surface area contributed by atoms with Crippen LogP contribution in [0, 0.1) is 27.7 Å². The van der Waals surface area contributed by atoms with Crippen molar-refractivity contribution >= 4 is 8.19 Å². The minimum Gasteiger partial charge on any atom is -0.133 e. The van der Waals surface area contributed by atoms with Crippen LogP contribution in [0.15, 0.2) is 0 Å². The second-order valence-electron chi connectivity index (χ2n) is 2.62. The predicted molar refractivity (Wildman–Crippen MR) is 44.9 cm³/mol. The molecular weight excluding hydrogens is 175 g/mol. The SMILES string of the molecule is Cc1[pH]c(C)c(C)c1C.[Ti]. The first-order valence-electron chi connectivity index (χ1n) is 3.25. The average molecular weight is 188 g/mol. The zero-order chi connectivity index (χ0) is 7.02. The average Bonchev–Trinajstić information content (AvgIpc) is 1.98. The van der Waals surface area contributed by atoms with Gasteiger partial charge in [-0.05, 0) is 49.4 Å². The van der Waals surface area contributed by atoms with Crippen LogP contribution in [0.1, 0.15) is 21.7 Å². The molecule has 0 aliphatic heterocycles. The molecule has 2 heteroatoms. The Hall–Kier alpha value is 0.494. The Morgan fingerprint density at radius 1 is 0.800 bits per heavy atom. The molecule has 10 heavy (non-hydrogen) atoms. The molecule has 0 saturated heterocycles. The number of rotatable bonds is 0. The Morgan fingerprint density at radius 3 is 1.20 bits per heavy atom. The van der Waals surface area contributed by atoms with Crippen molar-refractivity contribution in [1.82, 2.24) is 0 Å². The van der Waals surface area contributed by atoms with Gasteiger partial charge in [-0.1, -0.05) is 0 Å². The zero-order valence-corrected chi connectivity index (χ0v) is 9.56. The molecule has 1 aromatic heterocycles. The van der Waals surface area contributed by atoms with Crippen LogP contribution in [0.3, 0.4) is 0 Å². The third-order valence-electron chi connectivity index (χ3n) is 2.06. The third-order valence-corrected chi connectivity index (χ3v) is 3.56. The molecule has 0 radical (unpaired) electrons. The van der Waals surface area contributed by atoms with Crippen molar-refractivity contribution < 1.29 is 21.7 Å². The van der Waals surface area contributed by atoms with Gasteiger partial charge in [0.2, 0.25) is 0 Å². The molecular formula is C8H13PTi. The maximum atomic E-state index is 2.23. The predicted octanol–water partition coefficient (Wildman–Crippen LogP) is 2.95. The molecule has 0 amide bonds. The molecule has 0 fully saturated rings. The van der Waals surface area contributed by atoms with Crippen LogP contribution in [-0.2, 0) is 21.7 Å². The van der Waals surface area contributed by atoms with E-state index in [9.17, 15) is 0 Å². The fourth-order valence-corrected chi connectivity index (χ4v) is 2.34. The summed E-state index contributed by atoms with van der Waals surface area (Å²) < 4.78 is 0. The maximum absolute atomic E-state index is 2.23. The van der Waals surface area contributed by atoms with Crippen molar-refractivity contribution in [2.24, 2.45) is 0 Å². The van der Waals surface area contributed by atoms with Crippen LogP contribution in [0.5, 0.6) is 0 Å². The van der Waals surface area contributed by atoms with Gasteiger partial charge in [-0.15, -0.1) is 8.19 Å². The van der Waals surface area contributed by atoms with Gasteiger partial charge >= 0.3 is 0 Å². The maximum Gasteiger partial charge on any atom is 0 e. The van der Waals surface area contributed by atoms with E-state index in [0.717, 1.165) is 8.19 Å². The molecule has 0 aliphatic carbocycles. The van der Waals surface area contributed by atoms with Gasteiger partial charge in [-0.25, -0.2) is 0 Å². The normalized spacial score (nSPS) is 9.20. The van der Waals surface area contributed by atoms with Gasteiger partial charge < -0.3 is 0 Å². The van der Waals surface area contributed by atoms with Crippen LogP contribution in [0.4, 0.5) is 0 Å². The summed E-state index contributed by atoms with van der Waals surface area (Å²) in [5.41, 5.74) is 3.04. The first-order chi connectivity index (χ1) is 4.13. The second kappa shape index (κ2) is 3.76. The molecule has 0 N–H and O–H groups in total. The van der Waals surface area contributed by atoms with Gasteiger partial charge in [0.15, 0.2) is 0 Å². The molecule has 0 saturated carbocycles. The van der Waals surface area contributed by atoms with E-state index in [4.69, 9.17) is 0 Å². The fourth-order valence-electron chi connectivity index (χ4n) is 1.03. The molecule has 54 valence electrons. The van der Waals surface area contributed by atoms with E-state index < -0.39 is 0 Å². The summed E-state index contributed by atoms with van der Waals surface area (Å²) in [6.45, 7) is 8.89. The molecule has 0 aliphatic rings. The smallest absolute Gasteiger partial charge is 0 e. The topological polar surface area (TPSA) is 0 Å². The van der Waals surface area contributed by atoms with Crippen LogP contribution in [-0.4, -0.2) is 0 Å². The molecule has 0 aromatic carbocycles. The van der Waals surface area contributed by atoms with Crippen LogP contribution >= 0.6 is 8.19 Å². The molecule has 0 nitrogen and oxygen atoms in total. The van der Waals surface area contributed by atoms with E-state index in [2.05, 4.69) is 27.7 Å². The van der Waals surface area contributed by atoms with E-state index >= 15 is 0 Å². The zero-order valence-electron chi connectivity index (χ0n) is 7.00. The molecule has 1 rings (SSSR count). The first-order valence-corrected chi connectivity index (χ1v) is 4.25. The van der Waals surface area contributed by atoms with Gasteiger partial charge in [0.05, 0.1) is 0 Å². The second-order valence-corrected chi connectivity index (χ2v) is 4.38. The van der Waals surface area contributed by atoms with Crippen molar-refractivity contribution in [1.29, 1.82) is 0 Å². The summed E-state index contributed by atoms with van der Waals surface area (Å²) in [5, 5.41) is 3.15. The molecule has 0 unspecified atom stereocenters. The Balaban J connectivity index is 0.000000810. The summed E-state index contributed by atoms with van der Waals surface area (Å²) in [5.74, 6) is 0. The van der Waals surface area contributed by atoms with Crippen molar-refractivity contribution in [2.45, 2.75) is 27.7 Å². The first kappa shape index (κ1) is 10.5. The fraction of sp³-hybridized carbons (Fsp3) is 0.500. The van der Waals surface area contributed by atoms with Gasteiger partial charge in [-0.2, -0.15) is 0 Å². The summed E-state index contributed by atoms with van der Waals surface area (Å²) in [4.78, 5) is 0. The van der Waals surface area contributed by atoms with E-state index in [1.807, 2.05) is 0 Å². The summed E-state index contributed by atoms with van der Waals surface area (Å²) >= 11 is 0. The molecule has 0 spiro atoms. The minimum absolute atomic E-state index is 0. The summed E-state index contributed by atoms with van der Waals surface area (Å²) in [6, 6.07) is 0. The van der Waals surface area contributed by atoms with Crippen molar-refractivity contribution in [3.8, 4) is 0 Å². The van der Waals surface area contributed by atoms with Crippen molar-refractivity contribution in [2.75, 3.05) is 0 Å². The molecule has 0 bridgehead atoms. The largest absolute Gasteiger partial charge is 0.133 e. The Morgan fingerprint density at radius 2 is 1.10 bits per heavy atom. The third kappa shape index (κ3) is 1.75. The van der Waals surface area contributed by atoms with Crippen LogP contribution in [0.25, 0.3) is 0 Å². The molecule has 1 aromatic rings. The van der Waals surface area contributed by atoms with E-state index in [1.165, 1.54) is 11.1 Å². The van der Waals surface area contributed by atoms with Crippen molar-refractivity contribution in [3.05, 3.63) is 21.7 Å². The number of hydrogen-bond donors (Lipinski definition) is 0. The van der Waals surface area contributed by atoms with Crippen LogP contribution in [0.2, 0.25) is 0 Å². The van der Waals surface area contributed by atoms with Gasteiger partial charge in [0, 0.05) is 21.7 Å². The van der Waals surface area contributed by atoms with Crippen molar-refractivity contribution in [3.63, 3.8) is 0 Å². The monoisotopic (exact) mass is 188 g/mol. The molecule has 1 heterocycles. The van der Waals surface area contributed by atoms with Gasteiger partial charge in [-0.3, -0.25) is 0 Å². The standard InChI is InChI=1S/C8H13P.Ti/c1-5-6(2)8(4)9-7(5)3;/h9H,1-4H3;. The Kier molecular flexibility index (Phi) is 3.95. The Labute approximate surface area is 79.4 Å². The number of hydrogen-bond acceptors (Lipinski definition) is 0. The minimum atomic E-state index is 0. The van der Waals surface area contributed by atoms with E-state index in [-0.39, 0.29) is 21.7 Å². The van der Waals surface area contributed by atoms with Gasteiger partial charge in [0.25, 0.3) is 0 Å². The van der Waals surface area contributed by atoms with E-state index in [1.54, 1.807) is 10.6 Å². The summed E-state index contributed by atoms with van der Waals surface area (Å²) in [6.07, 6.45) is 0.